The smallest absolute Gasteiger partial charge is 0.224 e. The Morgan fingerprint density at radius 1 is 1.33 bits per heavy atom. The molecule has 1 aromatic carbocycles. The van der Waals surface area contributed by atoms with Crippen molar-refractivity contribution in [2.75, 3.05) is 12.3 Å². The largest absolute Gasteiger partial charge is 0.399 e. The number of nitrogens with two attached hydrogens (primary N) is 1. The van der Waals surface area contributed by atoms with Gasteiger partial charge in [-0.3, -0.25) is 4.79 Å². The van der Waals surface area contributed by atoms with Crippen molar-refractivity contribution in [2.45, 2.75) is 39.5 Å². The highest BCUT2D eigenvalue weighted by atomic mass is 16.1. The van der Waals surface area contributed by atoms with Crippen molar-refractivity contribution in [1.29, 1.82) is 0 Å². The Kier molecular flexibility index (Phi) is 6.26. The van der Waals surface area contributed by atoms with Gasteiger partial charge >= 0.3 is 0 Å². The molecule has 0 atom stereocenters. The molecule has 0 aliphatic heterocycles. The molecule has 0 aromatic heterocycles. The van der Waals surface area contributed by atoms with Gasteiger partial charge in [0.2, 0.25) is 5.91 Å². The molecule has 1 amide bonds. The zero-order valence-corrected chi connectivity index (χ0v) is 11.4. The number of hydrogen-bond acceptors (Lipinski definition) is 2. The summed E-state index contributed by atoms with van der Waals surface area (Å²) in [4.78, 5) is 11.7. The summed E-state index contributed by atoms with van der Waals surface area (Å²) in [5.41, 5.74) is 7.34. The average Bonchev–Trinajstić information content (AvgIpc) is 2.28. The molecule has 0 bridgehead atoms. The van der Waals surface area contributed by atoms with E-state index in [4.69, 9.17) is 5.73 Å². The van der Waals surface area contributed by atoms with E-state index in [1.807, 2.05) is 24.3 Å². The average molecular weight is 248 g/mol. The maximum Gasteiger partial charge on any atom is 0.224 e. The van der Waals surface area contributed by atoms with Gasteiger partial charge in [0.25, 0.3) is 0 Å². The van der Waals surface area contributed by atoms with Gasteiger partial charge in [-0.05, 0) is 30.0 Å². The fourth-order valence-corrected chi connectivity index (χ4v) is 1.86. The Morgan fingerprint density at radius 2 is 2.11 bits per heavy atom. The minimum Gasteiger partial charge on any atom is -0.399 e. The first kappa shape index (κ1) is 14.6. The van der Waals surface area contributed by atoms with Crippen LogP contribution < -0.4 is 11.1 Å². The zero-order chi connectivity index (χ0) is 13.4. The molecule has 0 saturated carbocycles. The third-order valence-electron chi connectivity index (χ3n) is 2.85. The lowest BCUT2D eigenvalue weighted by molar-refractivity contribution is -0.120. The Labute approximate surface area is 110 Å². The second kappa shape index (κ2) is 7.75. The van der Waals surface area contributed by atoms with Crippen molar-refractivity contribution >= 4 is 11.6 Å². The number of amides is 1. The molecule has 1 aromatic rings. The number of rotatable bonds is 7. The minimum atomic E-state index is 0.0742. The minimum absolute atomic E-state index is 0.0742. The molecule has 100 valence electrons. The van der Waals surface area contributed by atoms with Crippen LogP contribution in [0.2, 0.25) is 0 Å². The topological polar surface area (TPSA) is 55.1 Å². The number of carbonyl (C=O) groups excluding carboxylic acids is 1. The summed E-state index contributed by atoms with van der Waals surface area (Å²) in [5.74, 6) is 0.818. The number of nitrogens with one attached hydrogen (secondary N) is 1. The molecule has 0 aliphatic carbocycles. The normalized spacial score (nSPS) is 10.6. The van der Waals surface area contributed by atoms with Gasteiger partial charge in [-0.1, -0.05) is 38.8 Å². The van der Waals surface area contributed by atoms with Gasteiger partial charge in [-0.15, -0.1) is 0 Å². The van der Waals surface area contributed by atoms with E-state index < -0.39 is 0 Å². The first-order chi connectivity index (χ1) is 8.58. The van der Waals surface area contributed by atoms with Crippen molar-refractivity contribution in [2.24, 2.45) is 5.92 Å². The molecule has 3 heteroatoms. The maximum absolute atomic E-state index is 11.7. The number of benzene rings is 1. The Morgan fingerprint density at radius 3 is 2.78 bits per heavy atom. The Bertz CT molecular complexity index is 375. The van der Waals surface area contributed by atoms with Gasteiger partial charge in [0, 0.05) is 12.2 Å². The second-order valence-electron chi connectivity index (χ2n) is 5.16. The van der Waals surface area contributed by atoms with Crippen molar-refractivity contribution in [3.05, 3.63) is 29.8 Å². The first-order valence-electron chi connectivity index (χ1n) is 6.69. The highest BCUT2D eigenvalue weighted by Gasteiger charge is 2.03. The first-order valence-corrected chi connectivity index (χ1v) is 6.69. The summed E-state index contributed by atoms with van der Waals surface area (Å²) in [6.45, 7) is 5.21. The van der Waals surface area contributed by atoms with Crippen LogP contribution in [0.25, 0.3) is 0 Å². The third kappa shape index (κ3) is 6.28. The molecule has 0 fully saturated rings. The van der Waals surface area contributed by atoms with Gasteiger partial charge in [0.15, 0.2) is 0 Å². The molecular formula is C15H24N2O. The number of hydrogen-bond donors (Lipinski definition) is 2. The van der Waals surface area contributed by atoms with Gasteiger partial charge in [0.1, 0.15) is 0 Å². The quantitative estimate of drug-likeness (QED) is 0.576. The van der Waals surface area contributed by atoms with Crippen molar-refractivity contribution in [3.8, 4) is 0 Å². The van der Waals surface area contributed by atoms with E-state index in [0.717, 1.165) is 24.4 Å². The molecule has 18 heavy (non-hydrogen) atoms. The molecule has 0 aliphatic rings. The SMILES string of the molecule is CC(C)CCCCNC(=O)Cc1cccc(N)c1. The van der Waals surface area contributed by atoms with Gasteiger partial charge in [0.05, 0.1) is 6.42 Å². The van der Waals surface area contributed by atoms with Crippen LogP contribution in [0.5, 0.6) is 0 Å². The van der Waals surface area contributed by atoms with Crippen molar-refractivity contribution in [1.82, 2.24) is 5.32 Å². The number of nitrogen functional groups attached to an aromatic ring is 1. The third-order valence-corrected chi connectivity index (χ3v) is 2.85. The van der Waals surface area contributed by atoms with E-state index in [1.165, 1.54) is 12.8 Å². The van der Waals surface area contributed by atoms with Crippen LogP contribution in [0.15, 0.2) is 24.3 Å². The van der Waals surface area contributed by atoms with Crippen LogP contribution in [0.1, 0.15) is 38.7 Å². The fraction of sp³-hybridized carbons (Fsp3) is 0.533. The van der Waals surface area contributed by atoms with Crippen LogP contribution in [0, 0.1) is 5.92 Å². The molecule has 0 radical (unpaired) electrons. The summed E-state index contributed by atoms with van der Waals surface area (Å²) in [6, 6.07) is 7.47. The van der Waals surface area contributed by atoms with E-state index in [0.29, 0.717) is 12.1 Å². The van der Waals surface area contributed by atoms with E-state index in [-0.39, 0.29) is 5.91 Å². The van der Waals surface area contributed by atoms with Gasteiger partial charge < -0.3 is 11.1 Å². The van der Waals surface area contributed by atoms with Gasteiger partial charge in [-0.2, -0.15) is 0 Å². The molecule has 0 saturated heterocycles. The fourth-order valence-electron chi connectivity index (χ4n) is 1.86. The predicted molar refractivity (Wildman–Crippen MR) is 76.3 cm³/mol. The van der Waals surface area contributed by atoms with E-state index in [2.05, 4.69) is 19.2 Å². The molecule has 0 spiro atoms. The monoisotopic (exact) mass is 248 g/mol. The number of anilines is 1. The summed E-state index contributed by atoms with van der Waals surface area (Å²) in [7, 11) is 0. The summed E-state index contributed by atoms with van der Waals surface area (Å²) in [5, 5.41) is 2.94. The van der Waals surface area contributed by atoms with Crippen LogP contribution in [0.4, 0.5) is 5.69 Å². The van der Waals surface area contributed by atoms with E-state index in [1.54, 1.807) is 0 Å². The highest BCUT2D eigenvalue weighted by molar-refractivity contribution is 5.78. The predicted octanol–water partition coefficient (Wildman–Crippen LogP) is 2.75. The highest BCUT2D eigenvalue weighted by Crippen LogP contribution is 2.07. The number of unbranched alkanes of at least 4 members (excludes halogenated alkanes) is 1. The van der Waals surface area contributed by atoms with Crippen LogP contribution in [0.3, 0.4) is 0 Å². The lowest BCUT2D eigenvalue weighted by Crippen LogP contribution is -2.26. The molecule has 1 rings (SSSR count). The van der Waals surface area contributed by atoms with E-state index in [9.17, 15) is 4.79 Å². The maximum atomic E-state index is 11.7. The lowest BCUT2D eigenvalue weighted by Gasteiger charge is -2.07. The zero-order valence-electron chi connectivity index (χ0n) is 11.4. The standard InChI is InChI=1S/C15H24N2O/c1-12(2)6-3-4-9-17-15(18)11-13-7-5-8-14(16)10-13/h5,7-8,10,12H,3-4,6,9,11,16H2,1-2H3,(H,17,18). The Balaban J connectivity index is 2.18. The molecule has 0 heterocycles. The van der Waals surface area contributed by atoms with Crippen LogP contribution in [-0.4, -0.2) is 12.5 Å². The van der Waals surface area contributed by atoms with Crippen LogP contribution >= 0.6 is 0 Å². The van der Waals surface area contributed by atoms with Crippen molar-refractivity contribution < 1.29 is 4.79 Å². The summed E-state index contributed by atoms with van der Waals surface area (Å²) in [6.07, 6.45) is 3.87. The van der Waals surface area contributed by atoms with Gasteiger partial charge in [-0.25, -0.2) is 0 Å². The van der Waals surface area contributed by atoms with Crippen molar-refractivity contribution in [3.63, 3.8) is 0 Å². The molecule has 0 unspecified atom stereocenters. The lowest BCUT2D eigenvalue weighted by atomic mass is 10.1. The Hall–Kier alpha value is -1.51. The molecule has 3 nitrogen and oxygen atoms in total. The molecular weight excluding hydrogens is 224 g/mol. The number of carbonyl (C=O) groups is 1. The van der Waals surface area contributed by atoms with E-state index >= 15 is 0 Å². The summed E-state index contributed by atoms with van der Waals surface area (Å²) >= 11 is 0. The molecule has 3 N–H and O–H groups in total. The summed E-state index contributed by atoms with van der Waals surface area (Å²) < 4.78 is 0. The second-order valence-corrected chi connectivity index (χ2v) is 5.16. The van der Waals surface area contributed by atoms with Crippen LogP contribution in [-0.2, 0) is 11.2 Å².